The van der Waals surface area contributed by atoms with E-state index < -0.39 is 0 Å². The Morgan fingerprint density at radius 2 is 2.00 bits per heavy atom. The molecule has 3 heterocycles. The zero-order valence-corrected chi connectivity index (χ0v) is 13.4. The van der Waals surface area contributed by atoms with Crippen molar-refractivity contribution in [3.05, 3.63) is 29.5 Å². The van der Waals surface area contributed by atoms with Crippen molar-refractivity contribution >= 4 is 5.82 Å². The molecule has 2 aromatic rings. The van der Waals surface area contributed by atoms with Gasteiger partial charge < -0.3 is 4.90 Å². The fourth-order valence-electron chi connectivity index (χ4n) is 2.89. The Kier molecular flexibility index (Phi) is 4.33. The summed E-state index contributed by atoms with van der Waals surface area (Å²) in [7, 11) is 2.12. The summed E-state index contributed by atoms with van der Waals surface area (Å²) in [5, 5.41) is 7.80. The first-order chi connectivity index (χ1) is 10.6. The molecule has 0 atom stereocenters. The minimum absolute atomic E-state index is 0.516. The molecule has 0 spiro atoms. The predicted molar refractivity (Wildman–Crippen MR) is 82.5 cm³/mol. The third-order valence-corrected chi connectivity index (χ3v) is 4.38. The first-order valence-corrected chi connectivity index (χ1v) is 7.65. The van der Waals surface area contributed by atoms with E-state index in [1.165, 1.54) is 0 Å². The molecular formula is C15H22N6O. The van der Waals surface area contributed by atoms with Gasteiger partial charge in [0.2, 0.25) is 0 Å². The van der Waals surface area contributed by atoms with Crippen LogP contribution in [-0.4, -0.2) is 51.4 Å². The quantitative estimate of drug-likeness (QED) is 0.849. The van der Waals surface area contributed by atoms with E-state index in [1.54, 1.807) is 6.33 Å². The number of hydrogen-bond donors (Lipinski definition) is 0. The van der Waals surface area contributed by atoms with Gasteiger partial charge in [-0.15, -0.1) is 0 Å². The molecule has 0 saturated carbocycles. The summed E-state index contributed by atoms with van der Waals surface area (Å²) in [4.78, 5) is 13.2. The molecule has 2 aromatic heterocycles. The van der Waals surface area contributed by atoms with Crippen LogP contribution in [0.5, 0.6) is 0 Å². The molecule has 1 aliphatic rings. The molecule has 1 aliphatic heterocycles. The molecule has 7 nitrogen and oxygen atoms in total. The van der Waals surface area contributed by atoms with Crippen LogP contribution in [0.4, 0.5) is 5.82 Å². The first-order valence-electron chi connectivity index (χ1n) is 7.65. The van der Waals surface area contributed by atoms with E-state index in [1.807, 2.05) is 19.9 Å². The number of anilines is 1. The van der Waals surface area contributed by atoms with Gasteiger partial charge in [0.1, 0.15) is 23.5 Å². The molecule has 0 bridgehead atoms. The minimum Gasteiger partial charge on any atom is -0.356 e. The Balaban J connectivity index is 1.56. The maximum atomic E-state index is 4.77. The second-order valence-corrected chi connectivity index (χ2v) is 5.93. The van der Waals surface area contributed by atoms with Gasteiger partial charge in [-0.25, -0.2) is 14.6 Å². The summed E-state index contributed by atoms with van der Waals surface area (Å²) in [6.45, 7) is 6.84. The molecule has 0 unspecified atom stereocenters. The van der Waals surface area contributed by atoms with Gasteiger partial charge in [-0.1, -0.05) is 10.3 Å². The molecule has 118 valence electrons. The average Bonchev–Trinajstić information content (AvgIpc) is 2.92. The van der Waals surface area contributed by atoms with Crippen molar-refractivity contribution in [3.63, 3.8) is 0 Å². The fraction of sp³-hybridized carbons (Fsp3) is 0.600. The molecule has 22 heavy (non-hydrogen) atoms. The number of aromatic nitrogens is 4. The van der Waals surface area contributed by atoms with Crippen LogP contribution in [0.3, 0.4) is 0 Å². The van der Waals surface area contributed by atoms with Crippen LogP contribution < -0.4 is 4.90 Å². The molecule has 1 saturated heterocycles. The van der Waals surface area contributed by atoms with Crippen LogP contribution in [0, 0.1) is 13.8 Å². The molecule has 0 radical (unpaired) electrons. The topological polar surface area (TPSA) is 71.2 Å². The maximum Gasteiger partial charge on any atom is 0.132 e. The van der Waals surface area contributed by atoms with Gasteiger partial charge in [0, 0.05) is 44.5 Å². The highest BCUT2D eigenvalue weighted by molar-refractivity contribution is 5.39. The molecular weight excluding hydrogens is 280 g/mol. The van der Waals surface area contributed by atoms with Gasteiger partial charge >= 0.3 is 0 Å². The summed E-state index contributed by atoms with van der Waals surface area (Å²) < 4.78 is 4.77. The Morgan fingerprint density at radius 3 is 2.64 bits per heavy atom. The van der Waals surface area contributed by atoms with Gasteiger partial charge in [0.25, 0.3) is 0 Å². The van der Waals surface area contributed by atoms with Crippen molar-refractivity contribution in [1.82, 2.24) is 25.2 Å². The molecule has 0 N–H and O–H groups in total. The smallest absolute Gasteiger partial charge is 0.132 e. The molecule has 0 aromatic carbocycles. The van der Waals surface area contributed by atoms with Crippen LogP contribution in [0.1, 0.15) is 29.9 Å². The SMILES string of the molecule is Cc1cc(N(C)C2CCN(Cc3nonc3C)CC2)ncn1. The van der Waals surface area contributed by atoms with E-state index in [0.717, 1.165) is 55.4 Å². The molecule has 7 heteroatoms. The largest absolute Gasteiger partial charge is 0.356 e. The number of nitrogens with zero attached hydrogens (tertiary/aromatic N) is 6. The van der Waals surface area contributed by atoms with Crippen LogP contribution in [0.2, 0.25) is 0 Å². The molecule has 3 rings (SSSR count). The van der Waals surface area contributed by atoms with Gasteiger partial charge in [-0.3, -0.25) is 4.90 Å². The minimum atomic E-state index is 0.516. The van der Waals surface area contributed by atoms with E-state index in [2.05, 4.69) is 37.1 Å². The average molecular weight is 302 g/mol. The standard InChI is InChI=1S/C15H22N6O/c1-11-8-15(17-10-16-11)20(3)13-4-6-21(7-5-13)9-14-12(2)18-22-19-14/h8,10,13H,4-7,9H2,1-3H3. The molecule has 1 fully saturated rings. The van der Waals surface area contributed by atoms with Crippen molar-refractivity contribution in [2.75, 3.05) is 25.0 Å². The Bertz CT molecular complexity index is 620. The Labute approximate surface area is 130 Å². The summed E-state index contributed by atoms with van der Waals surface area (Å²) >= 11 is 0. The lowest BCUT2D eigenvalue weighted by Crippen LogP contribution is -2.43. The van der Waals surface area contributed by atoms with E-state index in [4.69, 9.17) is 4.63 Å². The predicted octanol–water partition coefficient (Wildman–Crippen LogP) is 1.58. The van der Waals surface area contributed by atoms with E-state index in [0.29, 0.717) is 6.04 Å². The second-order valence-electron chi connectivity index (χ2n) is 5.93. The highest BCUT2D eigenvalue weighted by Crippen LogP contribution is 2.21. The van der Waals surface area contributed by atoms with Crippen LogP contribution >= 0.6 is 0 Å². The number of rotatable bonds is 4. The second kappa shape index (κ2) is 6.39. The molecule has 0 aliphatic carbocycles. The summed E-state index contributed by atoms with van der Waals surface area (Å²) in [6, 6.07) is 2.55. The zero-order chi connectivity index (χ0) is 15.5. The zero-order valence-electron chi connectivity index (χ0n) is 13.4. The van der Waals surface area contributed by atoms with Gasteiger partial charge in [0.05, 0.1) is 0 Å². The van der Waals surface area contributed by atoms with Crippen LogP contribution in [0.15, 0.2) is 17.0 Å². The highest BCUT2D eigenvalue weighted by atomic mass is 16.6. The Hall–Kier alpha value is -2.02. The van der Waals surface area contributed by atoms with Gasteiger partial charge in [-0.05, 0) is 26.7 Å². The van der Waals surface area contributed by atoms with E-state index >= 15 is 0 Å². The monoisotopic (exact) mass is 302 g/mol. The molecule has 0 amide bonds. The highest BCUT2D eigenvalue weighted by Gasteiger charge is 2.24. The number of aryl methyl sites for hydroxylation is 2. The number of piperidine rings is 1. The van der Waals surface area contributed by atoms with Crippen molar-refractivity contribution in [2.24, 2.45) is 0 Å². The van der Waals surface area contributed by atoms with Crippen molar-refractivity contribution < 1.29 is 4.63 Å². The van der Waals surface area contributed by atoms with Crippen molar-refractivity contribution in [2.45, 2.75) is 39.3 Å². The summed E-state index contributed by atoms with van der Waals surface area (Å²) in [5.74, 6) is 1.00. The third kappa shape index (κ3) is 3.24. The van der Waals surface area contributed by atoms with Crippen molar-refractivity contribution in [1.29, 1.82) is 0 Å². The van der Waals surface area contributed by atoms with Crippen LogP contribution in [-0.2, 0) is 6.54 Å². The third-order valence-electron chi connectivity index (χ3n) is 4.38. The summed E-state index contributed by atoms with van der Waals surface area (Å²) in [5.41, 5.74) is 2.83. The lowest BCUT2D eigenvalue weighted by atomic mass is 10.0. The van der Waals surface area contributed by atoms with E-state index in [9.17, 15) is 0 Å². The van der Waals surface area contributed by atoms with Crippen LogP contribution in [0.25, 0.3) is 0 Å². The lowest BCUT2D eigenvalue weighted by Gasteiger charge is -2.37. The Morgan fingerprint density at radius 1 is 1.23 bits per heavy atom. The fourth-order valence-corrected chi connectivity index (χ4v) is 2.89. The van der Waals surface area contributed by atoms with E-state index in [-0.39, 0.29) is 0 Å². The first kappa shape index (κ1) is 14.9. The summed E-state index contributed by atoms with van der Waals surface area (Å²) in [6.07, 6.45) is 3.87. The van der Waals surface area contributed by atoms with Crippen molar-refractivity contribution in [3.8, 4) is 0 Å². The maximum absolute atomic E-state index is 4.77. The van der Waals surface area contributed by atoms with Gasteiger partial charge in [0.15, 0.2) is 0 Å². The number of likely N-dealkylation sites (tertiary alicyclic amines) is 1. The normalized spacial score (nSPS) is 16.9. The van der Waals surface area contributed by atoms with Gasteiger partial charge in [-0.2, -0.15) is 0 Å². The number of hydrogen-bond acceptors (Lipinski definition) is 7. The lowest BCUT2D eigenvalue weighted by molar-refractivity contribution is 0.196.